The molecule has 4 heteroatoms. The van der Waals surface area contributed by atoms with Crippen LogP contribution in [-0.2, 0) is 0 Å². The quantitative estimate of drug-likeness (QED) is 0.462. The number of carboxylic acid groups (broad SMARTS) is 1. The summed E-state index contributed by atoms with van der Waals surface area (Å²) in [5, 5.41) is 6.14. The second-order valence-corrected chi connectivity index (χ2v) is 0.665. The van der Waals surface area contributed by atoms with Crippen LogP contribution in [0.2, 0.25) is 0 Å². The zero-order chi connectivity index (χ0) is 3.58. The fourth-order valence-corrected chi connectivity index (χ4v) is 0. The number of halogens is 1. The van der Waals surface area contributed by atoms with Gasteiger partial charge >= 0.3 is 5.30 Å². The predicted octanol–water partition coefficient (Wildman–Crippen LogP) is 1.02. The van der Waals surface area contributed by atoms with Crippen molar-refractivity contribution in [2.75, 3.05) is 0 Å². The molecule has 32 valence electrons. The third-order valence-corrected chi connectivity index (χ3v) is 0. The molecule has 0 radical (unpaired) electrons. The van der Waals surface area contributed by atoms with Crippen molar-refractivity contribution >= 4 is 30.3 Å². The molecule has 1 N–H and O–H groups in total. The first-order valence-corrected chi connectivity index (χ1v) is 1.10. The van der Waals surface area contributed by atoms with Crippen LogP contribution in [0.5, 0.6) is 0 Å². The summed E-state index contributed by atoms with van der Waals surface area (Å²) in [6.45, 7) is 0. The molecule has 0 aromatic heterocycles. The van der Waals surface area contributed by atoms with Crippen LogP contribution < -0.4 is 0 Å². The monoisotopic (exact) mass is 114 g/mol. The van der Waals surface area contributed by atoms with Crippen molar-refractivity contribution in [2.45, 2.75) is 0 Å². The molecule has 0 bridgehead atoms. The van der Waals surface area contributed by atoms with Crippen molar-refractivity contribution in [3.8, 4) is 0 Å². The summed E-state index contributed by atoms with van der Waals surface area (Å²) in [5.41, 5.74) is 0. The summed E-state index contributed by atoms with van der Waals surface area (Å²) in [5.74, 6) is 0. The molecule has 0 saturated carbocycles. The molecule has 0 unspecified atom stereocenters. The third kappa shape index (κ3) is 1510. The lowest BCUT2D eigenvalue weighted by atomic mass is 11.6. The Kier molecular flexibility index (Phi) is 7.34. The second-order valence-electron chi connectivity index (χ2n) is 0.283. The van der Waals surface area contributed by atoms with Gasteiger partial charge in [-0.05, 0) is 0 Å². The van der Waals surface area contributed by atoms with E-state index < -0.39 is 5.30 Å². The fourth-order valence-electron chi connectivity index (χ4n) is 0. The highest BCUT2D eigenvalue weighted by molar-refractivity contribution is 7.96. The molecular formula is CH3ClO2S. The Bertz CT molecular complexity index is 32.6. The first kappa shape index (κ1) is 8.92. The molecule has 0 amide bonds. The lowest BCUT2D eigenvalue weighted by Crippen LogP contribution is -1.67. The van der Waals surface area contributed by atoms with Gasteiger partial charge in [0.05, 0.1) is 0 Å². The Labute approximate surface area is 41.0 Å². The summed E-state index contributed by atoms with van der Waals surface area (Å²) < 4.78 is 0. The first-order valence-electron chi connectivity index (χ1n) is 0.651. The average Bonchev–Trinajstić information content (AvgIpc) is 0.811. The maximum Gasteiger partial charge on any atom is 0.361 e. The summed E-state index contributed by atoms with van der Waals surface area (Å²) in [6.07, 6.45) is 0. The van der Waals surface area contributed by atoms with E-state index in [2.05, 4.69) is 12.6 Å². The highest BCUT2D eigenvalue weighted by Gasteiger charge is 1.67. The van der Waals surface area contributed by atoms with Crippen molar-refractivity contribution in [1.29, 1.82) is 0 Å². The van der Waals surface area contributed by atoms with Gasteiger partial charge in [0.2, 0.25) is 0 Å². The molecular weight excluding hydrogens is 112 g/mol. The topological polar surface area (TPSA) is 37.3 Å². The molecule has 0 aromatic carbocycles. The van der Waals surface area contributed by atoms with Gasteiger partial charge in [-0.3, -0.25) is 0 Å². The van der Waals surface area contributed by atoms with Gasteiger partial charge in [-0.1, -0.05) is 12.6 Å². The predicted molar refractivity (Wildman–Crippen MR) is 24.3 cm³/mol. The molecule has 0 fully saturated rings. The second kappa shape index (κ2) is 4.11. The van der Waals surface area contributed by atoms with Crippen molar-refractivity contribution in [3.05, 3.63) is 0 Å². The smallest absolute Gasteiger partial charge is 0.361 e. The summed E-state index contributed by atoms with van der Waals surface area (Å²) in [7, 11) is 0. The average molecular weight is 115 g/mol. The van der Waals surface area contributed by atoms with E-state index in [1.807, 2.05) is 0 Å². The van der Waals surface area contributed by atoms with Gasteiger partial charge < -0.3 is 5.11 Å². The summed E-state index contributed by atoms with van der Waals surface area (Å²) in [6, 6.07) is 0. The molecule has 0 aliphatic carbocycles. The van der Waals surface area contributed by atoms with E-state index in [0.29, 0.717) is 0 Å². The summed E-state index contributed by atoms with van der Waals surface area (Å²) >= 11 is 2.88. The van der Waals surface area contributed by atoms with Crippen molar-refractivity contribution in [3.63, 3.8) is 0 Å². The SMILES string of the molecule is Cl.O=C(O)S. The van der Waals surface area contributed by atoms with Crippen LogP contribution in [0.3, 0.4) is 0 Å². The Morgan fingerprint density at radius 1 is 1.80 bits per heavy atom. The maximum absolute atomic E-state index is 8.86. The minimum Gasteiger partial charge on any atom is -0.473 e. The Morgan fingerprint density at radius 3 is 1.80 bits per heavy atom. The number of carbonyl (C=O) groups is 1. The molecule has 0 heterocycles. The molecule has 0 aliphatic heterocycles. The summed E-state index contributed by atoms with van der Waals surface area (Å²) in [4.78, 5) is 8.86. The van der Waals surface area contributed by atoms with Crippen molar-refractivity contribution < 1.29 is 9.90 Å². The Balaban J connectivity index is 0. The van der Waals surface area contributed by atoms with Gasteiger partial charge in [0.25, 0.3) is 0 Å². The van der Waals surface area contributed by atoms with Gasteiger partial charge in [-0.2, -0.15) is 0 Å². The normalized spacial score (nSPS) is 5.00. The molecule has 0 saturated heterocycles. The van der Waals surface area contributed by atoms with Crippen LogP contribution in [-0.4, -0.2) is 10.4 Å². The number of thiol groups is 1. The fraction of sp³-hybridized carbons (Fsp3) is 0. The molecule has 2 nitrogen and oxygen atoms in total. The van der Waals surface area contributed by atoms with E-state index in [0.717, 1.165) is 0 Å². The van der Waals surface area contributed by atoms with E-state index >= 15 is 0 Å². The highest BCUT2D eigenvalue weighted by Crippen LogP contribution is 1.66. The zero-order valence-electron chi connectivity index (χ0n) is 2.21. The highest BCUT2D eigenvalue weighted by atomic mass is 35.5. The van der Waals surface area contributed by atoms with E-state index in [1.165, 1.54) is 0 Å². The third-order valence-electron chi connectivity index (χ3n) is 0. The Morgan fingerprint density at radius 2 is 1.80 bits per heavy atom. The molecule has 0 aromatic rings. The van der Waals surface area contributed by atoms with Crippen LogP contribution in [0, 0.1) is 0 Å². The molecule has 5 heavy (non-hydrogen) atoms. The van der Waals surface area contributed by atoms with E-state index in [9.17, 15) is 0 Å². The van der Waals surface area contributed by atoms with Crippen LogP contribution >= 0.6 is 25.0 Å². The molecule has 0 atom stereocenters. The van der Waals surface area contributed by atoms with Gasteiger partial charge in [0.1, 0.15) is 0 Å². The first-order chi connectivity index (χ1) is 1.73. The minimum absolute atomic E-state index is 0. The van der Waals surface area contributed by atoms with Gasteiger partial charge in [-0.25, -0.2) is 4.79 Å². The van der Waals surface area contributed by atoms with Crippen LogP contribution in [0.25, 0.3) is 0 Å². The molecule has 0 aliphatic rings. The van der Waals surface area contributed by atoms with Crippen LogP contribution in [0.15, 0.2) is 0 Å². The number of hydrogen-bond acceptors (Lipinski definition) is 1. The standard InChI is InChI=1S/CH2O2S.ClH/c2-1(3)4;/h4H,(H,2,3);1H. The van der Waals surface area contributed by atoms with Crippen LogP contribution in [0.1, 0.15) is 0 Å². The molecule has 0 rings (SSSR count). The molecule has 0 spiro atoms. The van der Waals surface area contributed by atoms with Gasteiger partial charge in [-0.15, -0.1) is 12.4 Å². The maximum atomic E-state index is 8.86. The van der Waals surface area contributed by atoms with E-state index in [1.54, 1.807) is 0 Å². The lowest BCUT2D eigenvalue weighted by Gasteiger charge is -1.58. The minimum atomic E-state index is -1.14. The number of rotatable bonds is 0. The van der Waals surface area contributed by atoms with Gasteiger partial charge in [0, 0.05) is 0 Å². The van der Waals surface area contributed by atoms with Crippen molar-refractivity contribution in [1.82, 2.24) is 0 Å². The van der Waals surface area contributed by atoms with Crippen molar-refractivity contribution in [2.24, 2.45) is 0 Å². The van der Waals surface area contributed by atoms with Crippen LogP contribution in [0.4, 0.5) is 4.79 Å². The number of hydrogen-bond donors (Lipinski definition) is 2. The Hall–Kier alpha value is 0.110. The largest absolute Gasteiger partial charge is 0.473 e. The lowest BCUT2D eigenvalue weighted by molar-refractivity contribution is 0.222. The van der Waals surface area contributed by atoms with E-state index in [4.69, 9.17) is 9.90 Å². The van der Waals surface area contributed by atoms with E-state index in [-0.39, 0.29) is 12.4 Å². The van der Waals surface area contributed by atoms with Gasteiger partial charge in [0.15, 0.2) is 0 Å². The zero-order valence-corrected chi connectivity index (χ0v) is 3.92.